The predicted octanol–water partition coefficient (Wildman–Crippen LogP) is 6.99. The number of nitrogens with one attached hydrogen (secondary N) is 1. The van der Waals surface area contributed by atoms with Crippen molar-refractivity contribution in [3.05, 3.63) is 69.8 Å². The number of hydrogen-bond donors (Lipinski definition) is 1. The smallest absolute Gasteiger partial charge is 0.318 e. The highest BCUT2D eigenvalue weighted by Crippen LogP contribution is 2.26. The van der Waals surface area contributed by atoms with Crippen LogP contribution in [-0.2, 0) is 0 Å². The Hall–Kier alpha value is -3.15. The quantitative estimate of drug-likeness (QED) is 0.321. The van der Waals surface area contributed by atoms with Crippen molar-refractivity contribution in [2.24, 2.45) is 0 Å². The molecule has 37 heavy (non-hydrogen) atoms. The Morgan fingerprint density at radius 3 is 2.57 bits per heavy atom. The van der Waals surface area contributed by atoms with Gasteiger partial charge in [0.15, 0.2) is 0 Å². The molecule has 0 radical (unpaired) electrons. The lowest BCUT2D eigenvalue weighted by atomic mass is 9.96. The van der Waals surface area contributed by atoms with Crippen molar-refractivity contribution in [3.8, 4) is 5.69 Å². The third-order valence-corrected chi connectivity index (χ3v) is 7.68. The van der Waals surface area contributed by atoms with Gasteiger partial charge in [-0.25, -0.2) is 9.78 Å². The largest absolute Gasteiger partial charge is 0.335 e. The van der Waals surface area contributed by atoms with E-state index in [-0.39, 0.29) is 23.7 Å². The molecule has 0 spiro atoms. The van der Waals surface area contributed by atoms with Crippen molar-refractivity contribution in [2.45, 2.75) is 97.6 Å². The Labute approximate surface area is 221 Å². The number of para-hydroxylation sites is 1. The average molecular weight is 503 g/mol. The van der Waals surface area contributed by atoms with Crippen LogP contribution in [0, 0.1) is 13.8 Å². The number of unbranched alkanes of at least 4 members (excludes halogenated alkanes) is 3. The molecule has 4 rings (SSSR count). The van der Waals surface area contributed by atoms with Gasteiger partial charge in [-0.1, -0.05) is 75.3 Å². The highest BCUT2D eigenvalue weighted by molar-refractivity contribution is 5.78. The summed E-state index contributed by atoms with van der Waals surface area (Å²) in [5, 5.41) is 3.90. The van der Waals surface area contributed by atoms with Crippen molar-refractivity contribution >= 4 is 16.9 Å². The number of benzene rings is 2. The van der Waals surface area contributed by atoms with Gasteiger partial charge in [-0.15, -0.1) is 0 Å². The van der Waals surface area contributed by atoms with Crippen LogP contribution >= 0.6 is 0 Å². The molecule has 6 nitrogen and oxygen atoms in total. The number of rotatable bonds is 9. The average Bonchev–Trinajstić information content (AvgIpc) is 2.89. The number of carbonyl (C=O) groups excluding carboxylic acids is 1. The molecular weight excluding hydrogens is 460 g/mol. The van der Waals surface area contributed by atoms with Gasteiger partial charge >= 0.3 is 6.03 Å². The molecule has 2 amide bonds. The van der Waals surface area contributed by atoms with Crippen LogP contribution in [0.25, 0.3) is 16.6 Å². The first-order chi connectivity index (χ1) is 17.9. The molecule has 198 valence electrons. The molecule has 6 heteroatoms. The topological polar surface area (TPSA) is 67.2 Å². The fraction of sp³-hybridized carbons (Fsp3) is 0.516. The Kier molecular flexibility index (Phi) is 9.01. The lowest BCUT2D eigenvalue weighted by Crippen LogP contribution is -2.47. The molecule has 1 atom stereocenters. The summed E-state index contributed by atoms with van der Waals surface area (Å²) in [6.07, 6.45) is 9.92. The zero-order valence-electron chi connectivity index (χ0n) is 22.9. The van der Waals surface area contributed by atoms with Crippen LogP contribution in [0.15, 0.2) is 47.3 Å². The molecule has 0 bridgehead atoms. The molecule has 0 aliphatic heterocycles. The molecule has 1 saturated carbocycles. The lowest BCUT2D eigenvalue weighted by molar-refractivity contribution is 0.167. The first-order valence-corrected chi connectivity index (χ1v) is 14.1. The van der Waals surface area contributed by atoms with Gasteiger partial charge in [-0.2, -0.15) is 0 Å². The summed E-state index contributed by atoms with van der Waals surface area (Å²) in [6.45, 7) is 8.91. The predicted molar refractivity (Wildman–Crippen MR) is 151 cm³/mol. The van der Waals surface area contributed by atoms with E-state index in [1.54, 1.807) is 4.57 Å². The molecule has 1 N–H and O–H groups in total. The number of urea groups is 1. The summed E-state index contributed by atoms with van der Waals surface area (Å²) in [5.74, 6) is 0.602. The number of carbonyl (C=O) groups is 1. The normalized spacial score (nSPS) is 15.0. The zero-order chi connectivity index (χ0) is 26.4. The van der Waals surface area contributed by atoms with E-state index < -0.39 is 0 Å². The minimum atomic E-state index is -0.372. The van der Waals surface area contributed by atoms with E-state index in [1.807, 2.05) is 55.1 Å². The van der Waals surface area contributed by atoms with Crippen LogP contribution in [-0.4, -0.2) is 33.1 Å². The Morgan fingerprint density at radius 2 is 1.84 bits per heavy atom. The third kappa shape index (κ3) is 6.23. The van der Waals surface area contributed by atoms with Crippen molar-refractivity contribution in [1.82, 2.24) is 19.8 Å². The number of fused-ring (bicyclic) bond motifs is 1. The number of amides is 2. The zero-order valence-corrected chi connectivity index (χ0v) is 22.9. The standard InChI is InChI=1S/C31H42N4O2/c1-5-6-7-13-20-34(31(37)32-25-14-9-8-10-15-25)24(4)29-33-27-17-12-11-16-26(27)30(36)35(29)28-19-18-22(2)21-23(28)3/h11-12,16-19,21,24-25H,5-10,13-15,20H2,1-4H3,(H,32,37). The molecule has 1 aliphatic carbocycles. The van der Waals surface area contributed by atoms with Gasteiger partial charge in [0, 0.05) is 12.6 Å². The molecule has 2 aromatic carbocycles. The van der Waals surface area contributed by atoms with Crippen molar-refractivity contribution in [2.75, 3.05) is 6.54 Å². The summed E-state index contributed by atoms with van der Waals surface area (Å²) in [4.78, 5) is 34.5. The maximum atomic E-state index is 13.9. The fourth-order valence-electron chi connectivity index (χ4n) is 5.54. The van der Waals surface area contributed by atoms with Gasteiger partial charge in [0.1, 0.15) is 5.82 Å². The summed E-state index contributed by atoms with van der Waals surface area (Å²) >= 11 is 0. The molecule has 0 saturated heterocycles. The molecule has 1 unspecified atom stereocenters. The third-order valence-electron chi connectivity index (χ3n) is 7.68. The maximum absolute atomic E-state index is 13.9. The van der Waals surface area contributed by atoms with Gasteiger partial charge < -0.3 is 10.2 Å². The fourth-order valence-corrected chi connectivity index (χ4v) is 5.54. The van der Waals surface area contributed by atoms with Gasteiger partial charge in [0.2, 0.25) is 0 Å². The molecule has 1 aromatic heterocycles. The highest BCUT2D eigenvalue weighted by atomic mass is 16.2. The lowest BCUT2D eigenvalue weighted by Gasteiger charge is -2.33. The van der Waals surface area contributed by atoms with E-state index in [0.717, 1.165) is 68.2 Å². The van der Waals surface area contributed by atoms with Crippen molar-refractivity contribution in [1.29, 1.82) is 0 Å². The molecule has 1 aliphatic rings. The summed E-state index contributed by atoms with van der Waals surface area (Å²) in [5.41, 5.74) is 3.53. The number of nitrogens with zero attached hydrogens (tertiary/aromatic N) is 3. The minimum absolute atomic E-state index is 0.0505. The second-order valence-electron chi connectivity index (χ2n) is 10.6. The Bertz CT molecular complexity index is 1280. The van der Waals surface area contributed by atoms with Crippen molar-refractivity contribution in [3.63, 3.8) is 0 Å². The van der Waals surface area contributed by atoms with Crippen LogP contribution in [0.1, 0.15) is 94.6 Å². The second kappa shape index (κ2) is 12.4. The van der Waals surface area contributed by atoms with E-state index in [2.05, 4.69) is 25.2 Å². The number of aromatic nitrogens is 2. The van der Waals surface area contributed by atoms with E-state index in [9.17, 15) is 9.59 Å². The van der Waals surface area contributed by atoms with Crippen LogP contribution in [0.5, 0.6) is 0 Å². The summed E-state index contributed by atoms with van der Waals surface area (Å²) in [7, 11) is 0. The van der Waals surface area contributed by atoms with Crippen LogP contribution in [0.4, 0.5) is 4.79 Å². The van der Waals surface area contributed by atoms with E-state index in [1.165, 1.54) is 6.42 Å². The first-order valence-electron chi connectivity index (χ1n) is 14.1. The van der Waals surface area contributed by atoms with Gasteiger partial charge in [0.05, 0.1) is 22.6 Å². The molecule has 1 fully saturated rings. The number of aryl methyl sites for hydroxylation is 2. The molecular formula is C31H42N4O2. The second-order valence-corrected chi connectivity index (χ2v) is 10.6. The highest BCUT2D eigenvalue weighted by Gasteiger charge is 2.28. The Balaban J connectivity index is 1.78. The Morgan fingerprint density at radius 1 is 1.08 bits per heavy atom. The van der Waals surface area contributed by atoms with Gasteiger partial charge in [0.25, 0.3) is 5.56 Å². The first kappa shape index (κ1) is 26.9. The van der Waals surface area contributed by atoms with Crippen molar-refractivity contribution < 1.29 is 4.79 Å². The monoisotopic (exact) mass is 502 g/mol. The number of hydrogen-bond acceptors (Lipinski definition) is 3. The molecule has 3 aromatic rings. The van der Waals surface area contributed by atoms with Crippen LogP contribution in [0.3, 0.4) is 0 Å². The van der Waals surface area contributed by atoms with E-state index in [4.69, 9.17) is 4.98 Å². The minimum Gasteiger partial charge on any atom is -0.335 e. The van der Waals surface area contributed by atoms with Crippen LogP contribution < -0.4 is 10.9 Å². The van der Waals surface area contributed by atoms with E-state index >= 15 is 0 Å². The summed E-state index contributed by atoms with van der Waals surface area (Å²) in [6, 6.07) is 13.4. The SMILES string of the molecule is CCCCCCN(C(=O)NC1CCCCC1)C(C)c1nc2ccccc2c(=O)n1-c1ccc(C)cc1C. The molecule has 1 heterocycles. The van der Waals surface area contributed by atoms with Crippen LogP contribution in [0.2, 0.25) is 0 Å². The maximum Gasteiger partial charge on any atom is 0.318 e. The van der Waals surface area contributed by atoms with E-state index in [0.29, 0.717) is 23.3 Å². The van der Waals surface area contributed by atoms with Gasteiger partial charge in [-0.3, -0.25) is 9.36 Å². The van der Waals surface area contributed by atoms with Gasteiger partial charge in [-0.05, 0) is 63.8 Å². The summed E-state index contributed by atoms with van der Waals surface area (Å²) < 4.78 is 1.73.